The predicted molar refractivity (Wildman–Crippen MR) is 89.5 cm³/mol. The third-order valence-electron chi connectivity index (χ3n) is 4.70. The second kappa shape index (κ2) is 6.03. The van der Waals surface area contributed by atoms with Gasteiger partial charge in [0.2, 0.25) is 0 Å². The molecule has 0 amide bonds. The van der Waals surface area contributed by atoms with Crippen molar-refractivity contribution in [2.24, 2.45) is 0 Å². The van der Waals surface area contributed by atoms with Gasteiger partial charge in [-0.05, 0) is 47.7 Å². The van der Waals surface area contributed by atoms with Crippen LogP contribution in [0.25, 0.3) is 16.6 Å². The van der Waals surface area contributed by atoms with Crippen molar-refractivity contribution < 1.29 is 8.78 Å². The molecule has 3 aromatic heterocycles. The summed E-state index contributed by atoms with van der Waals surface area (Å²) in [7, 11) is 0. The van der Waals surface area contributed by atoms with Crippen LogP contribution in [0.1, 0.15) is 37.3 Å². The van der Waals surface area contributed by atoms with Gasteiger partial charge in [-0.3, -0.25) is 0 Å². The second-order valence-corrected chi connectivity index (χ2v) is 7.46. The average Bonchev–Trinajstić information content (AvgIpc) is 3.18. The van der Waals surface area contributed by atoms with Gasteiger partial charge >= 0.3 is 4.83 Å². The molecular formula is C15H17BrF2N6. The van der Waals surface area contributed by atoms with Gasteiger partial charge in [-0.1, -0.05) is 5.21 Å². The van der Waals surface area contributed by atoms with Gasteiger partial charge in [-0.15, -0.1) is 5.10 Å². The first-order chi connectivity index (χ1) is 11.5. The number of fused-ring (bicyclic) bond motifs is 3. The maximum atomic E-state index is 12.9. The number of aromatic amines is 1. The molecule has 0 radical (unpaired) electrons. The number of hydrogen-bond donors (Lipinski definition) is 2. The highest BCUT2D eigenvalue weighted by atomic mass is 79.9. The zero-order valence-corrected chi connectivity index (χ0v) is 14.4. The number of aromatic nitrogens is 5. The Morgan fingerprint density at radius 3 is 2.88 bits per heavy atom. The van der Waals surface area contributed by atoms with Crippen molar-refractivity contribution >= 4 is 32.5 Å². The van der Waals surface area contributed by atoms with Crippen molar-refractivity contribution in [3.05, 3.63) is 24.3 Å². The Hall–Kier alpha value is -1.61. The maximum absolute atomic E-state index is 12.9. The molecule has 0 atom stereocenters. The first kappa shape index (κ1) is 15.9. The fourth-order valence-electron chi connectivity index (χ4n) is 3.52. The number of alkyl halides is 3. The smallest absolute Gasteiger partial charge is 0.313 e. The molecule has 1 aliphatic carbocycles. The van der Waals surface area contributed by atoms with Crippen LogP contribution in [0.15, 0.2) is 18.6 Å². The molecule has 0 unspecified atom stereocenters. The lowest BCUT2D eigenvalue weighted by Gasteiger charge is -2.29. The van der Waals surface area contributed by atoms with Crippen LogP contribution in [0.2, 0.25) is 0 Å². The largest absolute Gasteiger partial charge is 0.346 e. The van der Waals surface area contributed by atoms with E-state index in [4.69, 9.17) is 0 Å². The summed E-state index contributed by atoms with van der Waals surface area (Å²) in [5.41, 5.74) is 2.79. The van der Waals surface area contributed by atoms with E-state index in [0.717, 1.165) is 47.9 Å². The van der Waals surface area contributed by atoms with Gasteiger partial charge in [0, 0.05) is 23.5 Å². The summed E-state index contributed by atoms with van der Waals surface area (Å²) in [6, 6.07) is 2.11. The van der Waals surface area contributed by atoms with Crippen molar-refractivity contribution in [1.82, 2.24) is 30.1 Å². The van der Waals surface area contributed by atoms with E-state index in [9.17, 15) is 8.78 Å². The summed E-state index contributed by atoms with van der Waals surface area (Å²) in [6.07, 6.45) is 7.05. The molecule has 9 heteroatoms. The van der Waals surface area contributed by atoms with E-state index in [1.165, 1.54) is 0 Å². The molecule has 2 N–H and O–H groups in total. The minimum Gasteiger partial charge on any atom is -0.346 e. The molecule has 128 valence electrons. The topological polar surface area (TPSA) is 70.9 Å². The van der Waals surface area contributed by atoms with Gasteiger partial charge < -0.3 is 10.3 Å². The van der Waals surface area contributed by atoms with Crippen LogP contribution in [0.3, 0.4) is 0 Å². The first-order valence-corrected chi connectivity index (χ1v) is 8.78. The SMILES string of the molecule is FC(F)(Br)CNC1CCC(c2nnn3cnc4[nH]ccc4c23)CC1. The van der Waals surface area contributed by atoms with E-state index >= 15 is 0 Å². The van der Waals surface area contributed by atoms with Crippen LogP contribution < -0.4 is 5.32 Å². The normalized spacial score (nSPS) is 22.5. The third-order valence-corrected chi connectivity index (χ3v) is 4.98. The molecule has 0 saturated heterocycles. The summed E-state index contributed by atoms with van der Waals surface area (Å²) >= 11 is 2.37. The second-order valence-electron chi connectivity index (χ2n) is 6.30. The summed E-state index contributed by atoms with van der Waals surface area (Å²) in [4.78, 5) is 4.56. The van der Waals surface area contributed by atoms with E-state index in [-0.39, 0.29) is 12.6 Å². The Morgan fingerprint density at radius 1 is 1.33 bits per heavy atom. The van der Waals surface area contributed by atoms with Gasteiger partial charge in [-0.2, -0.15) is 8.78 Å². The number of nitrogens with one attached hydrogen (secondary N) is 2. The Morgan fingerprint density at radius 2 is 2.12 bits per heavy atom. The van der Waals surface area contributed by atoms with E-state index in [0.29, 0.717) is 5.92 Å². The number of rotatable bonds is 4. The van der Waals surface area contributed by atoms with Gasteiger partial charge in [0.25, 0.3) is 0 Å². The summed E-state index contributed by atoms with van der Waals surface area (Å²) in [5.74, 6) is 0.297. The Labute approximate surface area is 145 Å². The number of H-pyrrole nitrogens is 1. The standard InChI is InChI=1S/C15H17BrF2N6/c16-15(17,18)7-20-10-3-1-9(2-4-10)12-13-11-5-6-19-14(11)21-8-24(13)23-22-12/h5-6,8-10,19-20H,1-4,7H2. The maximum Gasteiger partial charge on any atom is 0.313 e. The number of hydrogen-bond acceptors (Lipinski definition) is 4. The molecule has 3 heterocycles. The number of nitrogens with zero attached hydrogens (tertiary/aromatic N) is 4. The van der Waals surface area contributed by atoms with Crippen molar-refractivity contribution in [2.75, 3.05) is 6.54 Å². The minimum atomic E-state index is -2.85. The van der Waals surface area contributed by atoms with Crippen LogP contribution in [0, 0.1) is 0 Å². The quantitative estimate of drug-likeness (QED) is 0.661. The fraction of sp³-hybridized carbons (Fsp3) is 0.533. The lowest BCUT2D eigenvalue weighted by molar-refractivity contribution is 0.106. The highest BCUT2D eigenvalue weighted by Crippen LogP contribution is 2.35. The van der Waals surface area contributed by atoms with E-state index < -0.39 is 4.83 Å². The van der Waals surface area contributed by atoms with E-state index in [2.05, 4.69) is 41.5 Å². The molecule has 24 heavy (non-hydrogen) atoms. The summed E-state index contributed by atoms with van der Waals surface area (Å²) in [5, 5.41) is 12.5. The lowest BCUT2D eigenvalue weighted by atomic mass is 9.83. The summed E-state index contributed by atoms with van der Waals surface area (Å²) in [6.45, 7) is -0.340. The molecule has 1 aliphatic rings. The Kier molecular flexibility index (Phi) is 4.00. The van der Waals surface area contributed by atoms with Crippen LogP contribution >= 0.6 is 15.9 Å². The van der Waals surface area contributed by atoms with Gasteiger partial charge in [0.15, 0.2) is 0 Å². The molecule has 0 bridgehead atoms. The van der Waals surface area contributed by atoms with Gasteiger partial charge in [0.1, 0.15) is 17.5 Å². The molecule has 1 saturated carbocycles. The summed E-state index contributed by atoms with van der Waals surface area (Å²) < 4.78 is 27.5. The third kappa shape index (κ3) is 3.02. The first-order valence-electron chi connectivity index (χ1n) is 7.98. The van der Waals surface area contributed by atoms with Crippen LogP contribution in [-0.2, 0) is 0 Å². The van der Waals surface area contributed by atoms with Gasteiger partial charge in [0.05, 0.1) is 12.2 Å². The van der Waals surface area contributed by atoms with Crippen LogP contribution in [-0.4, -0.2) is 42.2 Å². The zero-order chi connectivity index (χ0) is 16.7. The van der Waals surface area contributed by atoms with Crippen molar-refractivity contribution in [3.8, 4) is 0 Å². The van der Waals surface area contributed by atoms with Crippen LogP contribution in [0.4, 0.5) is 8.78 Å². The highest BCUT2D eigenvalue weighted by molar-refractivity contribution is 9.10. The number of halogens is 3. The monoisotopic (exact) mass is 398 g/mol. The van der Waals surface area contributed by atoms with Crippen LogP contribution in [0.5, 0.6) is 0 Å². The van der Waals surface area contributed by atoms with Gasteiger partial charge in [-0.25, -0.2) is 9.50 Å². The van der Waals surface area contributed by atoms with E-state index in [1.54, 1.807) is 10.8 Å². The molecule has 4 rings (SSSR count). The molecule has 0 aromatic carbocycles. The van der Waals surface area contributed by atoms with Crippen molar-refractivity contribution in [2.45, 2.75) is 42.5 Å². The average molecular weight is 399 g/mol. The molecule has 6 nitrogen and oxygen atoms in total. The molecule has 3 aromatic rings. The van der Waals surface area contributed by atoms with Crippen molar-refractivity contribution in [1.29, 1.82) is 0 Å². The molecule has 0 aliphatic heterocycles. The zero-order valence-electron chi connectivity index (χ0n) is 12.8. The lowest BCUT2D eigenvalue weighted by Crippen LogP contribution is -2.38. The predicted octanol–water partition coefficient (Wildman–Crippen LogP) is 3.21. The minimum absolute atomic E-state index is 0.125. The fourth-order valence-corrected chi connectivity index (χ4v) is 3.69. The molecule has 0 spiro atoms. The molecular weight excluding hydrogens is 382 g/mol. The Bertz CT molecular complexity index is 847. The van der Waals surface area contributed by atoms with Crippen molar-refractivity contribution in [3.63, 3.8) is 0 Å². The van der Waals surface area contributed by atoms with E-state index in [1.807, 2.05) is 12.3 Å². The Balaban J connectivity index is 1.52. The highest BCUT2D eigenvalue weighted by Gasteiger charge is 2.29. The molecule has 1 fully saturated rings.